The molecule has 86 valence electrons. The van der Waals surface area contributed by atoms with Crippen molar-refractivity contribution in [2.45, 2.75) is 31.5 Å². The number of nitriles is 1. The molecule has 4 nitrogen and oxygen atoms in total. The highest BCUT2D eigenvalue weighted by atomic mass is 32.2. The number of aryl methyl sites for hydroxylation is 2. The van der Waals surface area contributed by atoms with Crippen LogP contribution in [0.2, 0.25) is 0 Å². The second-order valence-electron chi connectivity index (χ2n) is 3.54. The number of hydrogen-bond donors (Lipinski definition) is 1. The molecular formula is C11H16N4S. The molecule has 0 aliphatic carbocycles. The molecule has 0 spiro atoms. The number of aromatic nitrogens is 2. The van der Waals surface area contributed by atoms with E-state index in [1.165, 1.54) is 0 Å². The van der Waals surface area contributed by atoms with Crippen molar-refractivity contribution >= 4 is 11.8 Å². The van der Waals surface area contributed by atoms with Gasteiger partial charge in [0.25, 0.3) is 0 Å². The predicted molar refractivity (Wildman–Crippen MR) is 65.3 cm³/mol. The summed E-state index contributed by atoms with van der Waals surface area (Å²) in [4.78, 5) is 8.66. The van der Waals surface area contributed by atoms with Crippen molar-refractivity contribution in [3.63, 3.8) is 0 Å². The smallest absolute Gasteiger partial charge is 0.187 e. The fourth-order valence-electron chi connectivity index (χ4n) is 1.30. The molecule has 1 atom stereocenters. The second kappa shape index (κ2) is 6.46. The highest BCUT2D eigenvalue weighted by molar-refractivity contribution is 7.99. The average Bonchev–Trinajstić information content (AvgIpc) is 2.23. The van der Waals surface area contributed by atoms with E-state index >= 15 is 0 Å². The lowest BCUT2D eigenvalue weighted by molar-refractivity contribution is 0.663. The molecular weight excluding hydrogens is 220 g/mol. The van der Waals surface area contributed by atoms with Gasteiger partial charge in [0.2, 0.25) is 0 Å². The Hall–Kier alpha value is -1.12. The molecule has 1 aromatic rings. The Morgan fingerprint density at radius 3 is 2.56 bits per heavy atom. The number of nitrogens with one attached hydrogen (secondary N) is 1. The van der Waals surface area contributed by atoms with E-state index in [1.54, 1.807) is 18.8 Å². The van der Waals surface area contributed by atoms with Crippen LogP contribution in [0.5, 0.6) is 0 Å². The van der Waals surface area contributed by atoms with E-state index < -0.39 is 0 Å². The van der Waals surface area contributed by atoms with Crippen LogP contribution in [0.1, 0.15) is 17.8 Å². The Balaban J connectivity index is 2.46. The first-order valence-corrected chi connectivity index (χ1v) is 6.16. The van der Waals surface area contributed by atoms with Gasteiger partial charge >= 0.3 is 0 Å². The van der Waals surface area contributed by atoms with Gasteiger partial charge in [-0.1, -0.05) is 11.8 Å². The zero-order chi connectivity index (χ0) is 12.0. The van der Waals surface area contributed by atoms with Crippen LogP contribution < -0.4 is 5.32 Å². The lowest BCUT2D eigenvalue weighted by Gasteiger charge is -2.06. The average molecular weight is 236 g/mol. The Morgan fingerprint density at radius 1 is 1.44 bits per heavy atom. The van der Waals surface area contributed by atoms with Crippen LogP contribution in [-0.2, 0) is 0 Å². The zero-order valence-corrected chi connectivity index (χ0v) is 10.6. The van der Waals surface area contributed by atoms with E-state index in [1.807, 2.05) is 19.9 Å². The van der Waals surface area contributed by atoms with Crippen LogP contribution in [0.15, 0.2) is 11.2 Å². The van der Waals surface area contributed by atoms with Crippen molar-refractivity contribution in [2.24, 2.45) is 0 Å². The maximum Gasteiger partial charge on any atom is 0.187 e. The van der Waals surface area contributed by atoms with Crippen LogP contribution >= 0.6 is 11.8 Å². The molecule has 0 radical (unpaired) electrons. The van der Waals surface area contributed by atoms with E-state index in [2.05, 4.69) is 21.4 Å². The monoisotopic (exact) mass is 236 g/mol. The maximum absolute atomic E-state index is 8.76. The minimum atomic E-state index is -0.0848. The highest BCUT2D eigenvalue weighted by Gasteiger charge is 2.05. The van der Waals surface area contributed by atoms with Crippen LogP contribution in [0, 0.1) is 25.2 Å². The summed E-state index contributed by atoms with van der Waals surface area (Å²) >= 11 is 1.59. The van der Waals surface area contributed by atoms with Crippen molar-refractivity contribution in [2.75, 3.05) is 12.8 Å². The van der Waals surface area contributed by atoms with E-state index in [-0.39, 0.29) is 6.04 Å². The molecule has 0 aromatic carbocycles. The van der Waals surface area contributed by atoms with Gasteiger partial charge in [-0.2, -0.15) is 5.26 Å². The van der Waals surface area contributed by atoms with E-state index in [4.69, 9.17) is 5.26 Å². The molecule has 0 bridgehead atoms. The first kappa shape index (κ1) is 12.9. The van der Waals surface area contributed by atoms with Gasteiger partial charge < -0.3 is 5.32 Å². The Bertz CT molecular complexity index is 366. The number of thioether (sulfide) groups is 1. The Morgan fingerprint density at radius 2 is 2.06 bits per heavy atom. The predicted octanol–water partition coefficient (Wildman–Crippen LogP) is 1.69. The van der Waals surface area contributed by atoms with Gasteiger partial charge in [0, 0.05) is 17.1 Å². The number of nitrogens with zero attached hydrogens (tertiary/aromatic N) is 3. The largest absolute Gasteiger partial charge is 0.305 e. The number of hydrogen-bond acceptors (Lipinski definition) is 5. The Kier molecular flexibility index (Phi) is 5.23. The molecule has 1 N–H and O–H groups in total. The van der Waals surface area contributed by atoms with Gasteiger partial charge in [-0.15, -0.1) is 0 Å². The van der Waals surface area contributed by atoms with Crippen LogP contribution in [0.4, 0.5) is 0 Å². The minimum Gasteiger partial charge on any atom is -0.305 e. The van der Waals surface area contributed by atoms with Crippen molar-refractivity contribution < 1.29 is 0 Å². The van der Waals surface area contributed by atoms with Crippen LogP contribution in [0.25, 0.3) is 0 Å². The first-order valence-electron chi connectivity index (χ1n) is 5.17. The molecule has 1 heterocycles. The van der Waals surface area contributed by atoms with Crippen molar-refractivity contribution in [3.8, 4) is 6.07 Å². The van der Waals surface area contributed by atoms with Gasteiger partial charge in [0.05, 0.1) is 12.1 Å². The van der Waals surface area contributed by atoms with Crippen molar-refractivity contribution in [1.82, 2.24) is 15.3 Å². The molecule has 1 rings (SSSR count). The first-order chi connectivity index (χ1) is 7.65. The molecule has 0 saturated carbocycles. The lowest BCUT2D eigenvalue weighted by atomic mass is 10.3. The maximum atomic E-state index is 8.76. The molecule has 0 aliphatic rings. The topological polar surface area (TPSA) is 61.6 Å². The lowest BCUT2D eigenvalue weighted by Crippen LogP contribution is -2.23. The molecule has 1 unspecified atom stereocenters. The number of rotatable bonds is 5. The summed E-state index contributed by atoms with van der Waals surface area (Å²) in [6.07, 6.45) is 0.800. The van der Waals surface area contributed by atoms with E-state index in [0.29, 0.717) is 0 Å². The third kappa shape index (κ3) is 4.17. The normalized spacial score (nSPS) is 12.1. The molecule has 0 amide bonds. The van der Waals surface area contributed by atoms with Crippen LogP contribution in [0.3, 0.4) is 0 Å². The molecule has 16 heavy (non-hydrogen) atoms. The molecule has 0 saturated heterocycles. The van der Waals surface area contributed by atoms with Crippen LogP contribution in [-0.4, -0.2) is 28.8 Å². The summed E-state index contributed by atoms with van der Waals surface area (Å²) in [5.74, 6) is 0.849. The van der Waals surface area contributed by atoms with E-state index in [0.717, 1.165) is 28.7 Å². The van der Waals surface area contributed by atoms with Gasteiger partial charge in [-0.25, -0.2) is 9.97 Å². The summed E-state index contributed by atoms with van der Waals surface area (Å²) in [5.41, 5.74) is 1.97. The third-order valence-corrected chi connectivity index (χ3v) is 2.98. The Labute approximate surface area is 100 Å². The summed E-state index contributed by atoms with van der Waals surface area (Å²) in [5, 5.41) is 12.5. The molecule has 1 aromatic heterocycles. The van der Waals surface area contributed by atoms with Gasteiger partial charge in [-0.05, 0) is 33.4 Å². The van der Waals surface area contributed by atoms with Gasteiger partial charge in [-0.3, -0.25) is 0 Å². The summed E-state index contributed by atoms with van der Waals surface area (Å²) in [7, 11) is 1.80. The summed E-state index contributed by atoms with van der Waals surface area (Å²) in [6.45, 7) is 3.93. The summed E-state index contributed by atoms with van der Waals surface area (Å²) < 4.78 is 0. The third-order valence-electron chi connectivity index (χ3n) is 2.10. The van der Waals surface area contributed by atoms with Crippen molar-refractivity contribution in [1.29, 1.82) is 5.26 Å². The summed E-state index contributed by atoms with van der Waals surface area (Å²) in [6, 6.07) is 4.06. The standard InChI is InChI=1S/C11H16N4S/c1-8-6-9(2)15-11(14-8)16-5-4-10(7-12)13-3/h6,10,13H,4-5H2,1-3H3. The molecule has 0 fully saturated rings. The van der Waals surface area contributed by atoms with Gasteiger partial charge in [0.1, 0.15) is 0 Å². The quantitative estimate of drug-likeness (QED) is 0.622. The second-order valence-corrected chi connectivity index (χ2v) is 4.60. The fraction of sp³-hybridized carbons (Fsp3) is 0.545. The van der Waals surface area contributed by atoms with Crippen molar-refractivity contribution in [3.05, 3.63) is 17.5 Å². The molecule has 5 heteroatoms. The highest BCUT2D eigenvalue weighted by Crippen LogP contribution is 2.15. The minimum absolute atomic E-state index is 0.0848. The van der Waals surface area contributed by atoms with E-state index in [9.17, 15) is 0 Å². The van der Waals surface area contributed by atoms with Gasteiger partial charge in [0.15, 0.2) is 5.16 Å². The molecule has 0 aliphatic heterocycles. The fourth-order valence-corrected chi connectivity index (χ4v) is 2.25. The SMILES string of the molecule is CNC(C#N)CCSc1nc(C)cc(C)n1. The zero-order valence-electron chi connectivity index (χ0n) is 9.82.